The second-order valence-corrected chi connectivity index (χ2v) is 14.2. The zero-order valence-electron chi connectivity index (χ0n) is 26.5. The van der Waals surface area contributed by atoms with E-state index in [1.165, 1.54) is 59.6 Å². The summed E-state index contributed by atoms with van der Waals surface area (Å²) in [6, 6.07) is 17.8. The second-order valence-electron chi connectivity index (χ2n) is 12.3. The molecule has 0 saturated heterocycles. The molecule has 2 aromatic carbocycles. The van der Waals surface area contributed by atoms with Crippen LogP contribution in [0.1, 0.15) is 78.4 Å². The maximum absolute atomic E-state index is 10.7. The van der Waals surface area contributed by atoms with Gasteiger partial charge in [0, 0.05) is 47.5 Å². The van der Waals surface area contributed by atoms with E-state index in [-0.39, 0.29) is 10.8 Å². The van der Waals surface area contributed by atoms with E-state index in [1.807, 2.05) is 0 Å². The standard InChI is InChI=1S/C35H45N2.F6P/c1-7-9-26-36-30-22-18-16-20-28(30)34(3,4)32(36)24-14-12-11-13-15-25-33-35(5,6)29-21-17-19-23-31(29)37(33)27-10-8-2;1-7(2,3,4,5)6/h11-25H,7-10,26-27H2,1-6H3;/q+1;-1. The SMILES string of the molecule is CCCCN1/C(=C/C=CC=CC=CC2=[N+](CCCC)c3ccccc3C2(C)C)C(C)(C)c2ccccc21.F[P-](F)(F)(F)(F)F. The second kappa shape index (κ2) is 12.7. The molecule has 0 amide bonds. The number of unbranched alkanes of at least 4 members (excludes halogenated alkanes) is 2. The van der Waals surface area contributed by atoms with E-state index in [0.717, 1.165) is 13.1 Å². The van der Waals surface area contributed by atoms with Crippen LogP contribution in [0.2, 0.25) is 0 Å². The van der Waals surface area contributed by atoms with Crippen LogP contribution in [-0.2, 0) is 10.8 Å². The third-order valence-corrected chi connectivity index (χ3v) is 8.02. The minimum atomic E-state index is -10.7. The van der Waals surface area contributed by atoms with Gasteiger partial charge in [0.25, 0.3) is 0 Å². The molecular weight excluding hydrogens is 593 g/mol. The van der Waals surface area contributed by atoms with Crippen LogP contribution in [0.15, 0.2) is 96.8 Å². The first-order chi connectivity index (χ1) is 20.3. The summed E-state index contributed by atoms with van der Waals surface area (Å²) < 4.78 is 61.7. The molecule has 2 nitrogen and oxygen atoms in total. The average Bonchev–Trinajstić information content (AvgIpc) is 3.27. The van der Waals surface area contributed by atoms with Gasteiger partial charge in [0.2, 0.25) is 5.69 Å². The quantitative estimate of drug-likeness (QED) is 0.109. The fourth-order valence-electron chi connectivity index (χ4n) is 5.88. The predicted molar refractivity (Wildman–Crippen MR) is 175 cm³/mol. The molecule has 242 valence electrons. The number of fused-ring (bicyclic) bond motifs is 2. The molecule has 0 atom stereocenters. The summed E-state index contributed by atoms with van der Waals surface area (Å²) in [5.41, 5.74) is 8.38. The van der Waals surface area contributed by atoms with E-state index < -0.39 is 7.81 Å². The molecule has 0 radical (unpaired) electrons. The van der Waals surface area contributed by atoms with Gasteiger partial charge in [-0.1, -0.05) is 107 Å². The fraction of sp³-hybridized carbons (Fsp3) is 0.400. The number of para-hydroxylation sites is 2. The first-order valence-electron chi connectivity index (χ1n) is 15.2. The van der Waals surface area contributed by atoms with Crippen molar-refractivity contribution >= 4 is 24.9 Å². The Hall–Kier alpha value is -3.12. The van der Waals surface area contributed by atoms with Crippen LogP contribution in [0.25, 0.3) is 0 Å². The van der Waals surface area contributed by atoms with Crippen molar-refractivity contribution in [2.75, 3.05) is 18.0 Å². The van der Waals surface area contributed by atoms with Gasteiger partial charge < -0.3 is 4.90 Å². The Kier molecular flexibility index (Phi) is 10.2. The molecule has 0 aliphatic carbocycles. The Labute approximate surface area is 258 Å². The summed E-state index contributed by atoms with van der Waals surface area (Å²) in [6.07, 6.45) is 20.3. The summed E-state index contributed by atoms with van der Waals surface area (Å²) in [5, 5.41) is 0. The molecule has 2 aliphatic heterocycles. The van der Waals surface area contributed by atoms with Crippen LogP contribution in [0.5, 0.6) is 0 Å². The number of rotatable bonds is 10. The summed E-state index contributed by atoms with van der Waals surface area (Å²) in [6.45, 7) is 16.1. The van der Waals surface area contributed by atoms with Gasteiger partial charge in [0.1, 0.15) is 6.54 Å². The number of anilines is 1. The van der Waals surface area contributed by atoms with E-state index in [4.69, 9.17) is 0 Å². The topological polar surface area (TPSA) is 6.25 Å². The van der Waals surface area contributed by atoms with Crippen LogP contribution in [0, 0.1) is 0 Å². The molecule has 0 aromatic heterocycles. The molecular formula is C35H45F6N2P. The van der Waals surface area contributed by atoms with Gasteiger partial charge in [0.05, 0.1) is 5.41 Å². The van der Waals surface area contributed by atoms with E-state index >= 15 is 0 Å². The Balaban J connectivity index is 0.000000676. The molecule has 2 heterocycles. The maximum atomic E-state index is 9.87. The van der Waals surface area contributed by atoms with E-state index in [9.17, 15) is 25.2 Å². The number of hydrogen-bond donors (Lipinski definition) is 0. The van der Waals surface area contributed by atoms with Gasteiger partial charge in [-0.2, -0.15) is 4.58 Å². The number of nitrogens with zero attached hydrogens (tertiary/aromatic N) is 2. The van der Waals surface area contributed by atoms with Crippen LogP contribution in [0.4, 0.5) is 36.6 Å². The normalized spacial score (nSPS) is 19.8. The monoisotopic (exact) mass is 638 g/mol. The first-order valence-corrected chi connectivity index (χ1v) is 17.2. The zero-order chi connectivity index (χ0) is 32.9. The third-order valence-electron chi connectivity index (χ3n) is 8.02. The van der Waals surface area contributed by atoms with Gasteiger partial charge in [-0.15, -0.1) is 0 Å². The molecule has 2 aromatic rings. The molecule has 0 saturated carbocycles. The van der Waals surface area contributed by atoms with Crippen molar-refractivity contribution in [1.29, 1.82) is 0 Å². The molecule has 9 heteroatoms. The van der Waals surface area contributed by atoms with Crippen LogP contribution < -0.4 is 4.90 Å². The van der Waals surface area contributed by atoms with Gasteiger partial charge in [-0.05, 0) is 38.0 Å². The first kappa shape index (κ1) is 35.4. The van der Waals surface area contributed by atoms with Crippen molar-refractivity contribution in [2.24, 2.45) is 0 Å². The Bertz CT molecular complexity index is 1470. The summed E-state index contributed by atoms with van der Waals surface area (Å²) in [5.74, 6) is 0. The summed E-state index contributed by atoms with van der Waals surface area (Å²) >= 11 is 0. The van der Waals surface area contributed by atoms with Gasteiger partial charge in [0.15, 0.2) is 5.71 Å². The van der Waals surface area contributed by atoms with Crippen LogP contribution in [-0.4, -0.2) is 23.4 Å². The van der Waals surface area contributed by atoms with Crippen molar-refractivity contribution < 1.29 is 29.8 Å². The molecule has 0 bridgehead atoms. The van der Waals surface area contributed by atoms with Crippen molar-refractivity contribution in [3.8, 4) is 0 Å². The Morgan fingerprint density at radius 1 is 0.705 bits per heavy atom. The molecule has 2 aliphatic rings. The van der Waals surface area contributed by atoms with Crippen molar-refractivity contribution in [3.63, 3.8) is 0 Å². The van der Waals surface area contributed by atoms with Crippen molar-refractivity contribution in [2.45, 2.75) is 78.1 Å². The minimum absolute atomic E-state index is 0.0138. The zero-order valence-corrected chi connectivity index (χ0v) is 27.4. The molecule has 0 fully saturated rings. The van der Waals surface area contributed by atoms with Crippen molar-refractivity contribution in [1.82, 2.24) is 0 Å². The van der Waals surface area contributed by atoms with E-state index in [1.54, 1.807) is 0 Å². The number of benzene rings is 2. The summed E-state index contributed by atoms with van der Waals surface area (Å²) in [7, 11) is -10.7. The van der Waals surface area contributed by atoms with Crippen molar-refractivity contribution in [3.05, 3.63) is 108 Å². The number of hydrogen-bond acceptors (Lipinski definition) is 1. The average molecular weight is 639 g/mol. The number of halogens is 6. The van der Waals surface area contributed by atoms with E-state index in [0.29, 0.717) is 0 Å². The van der Waals surface area contributed by atoms with Gasteiger partial charge in [-0.3, -0.25) is 0 Å². The Morgan fingerprint density at radius 3 is 1.89 bits per heavy atom. The third kappa shape index (κ3) is 9.44. The fourth-order valence-corrected chi connectivity index (χ4v) is 5.88. The molecule has 0 spiro atoms. The predicted octanol–water partition coefficient (Wildman–Crippen LogP) is 12.4. The van der Waals surface area contributed by atoms with Gasteiger partial charge in [-0.25, -0.2) is 0 Å². The molecule has 0 N–H and O–H groups in total. The Morgan fingerprint density at radius 2 is 1.25 bits per heavy atom. The van der Waals surface area contributed by atoms with Gasteiger partial charge >= 0.3 is 33.0 Å². The molecule has 0 unspecified atom stereocenters. The van der Waals surface area contributed by atoms with Crippen LogP contribution >= 0.6 is 7.81 Å². The molecule has 4 rings (SSSR count). The van der Waals surface area contributed by atoms with E-state index in [2.05, 4.69) is 142 Å². The summed E-state index contributed by atoms with van der Waals surface area (Å²) in [4.78, 5) is 2.52. The van der Waals surface area contributed by atoms with Crippen LogP contribution in [0.3, 0.4) is 0 Å². The number of allylic oxidation sites excluding steroid dienone is 8. The molecule has 44 heavy (non-hydrogen) atoms.